The van der Waals surface area contributed by atoms with Crippen molar-refractivity contribution in [2.75, 3.05) is 0 Å². The van der Waals surface area contributed by atoms with E-state index in [0.717, 1.165) is 0 Å². The Balaban J connectivity index is 3.73. The predicted octanol–water partition coefficient (Wildman–Crippen LogP) is -0.609. The number of aldehydes is 2. The van der Waals surface area contributed by atoms with Crippen LogP contribution in [0, 0.1) is 23.7 Å². The third-order valence-electron chi connectivity index (χ3n) is 0.325. The first-order valence-corrected chi connectivity index (χ1v) is 1.80. The number of rotatable bonds is 0. The quantitative estimate of drug-likeness (QED) is 0.305. The summed E-state index contributed by atoms with van der Waals surface area (Å²) in [6.45, 7) is 0. The smallest absolute Gasteiger partial charge is 0.193 e. The minimum Gasteiger partial charge on any atom is -0.289 e. The van der Waals surface area contributed by atoms with Gasteiger partial charge in [0.1, 0.15) is 0 Å². The third-order valence-corrected chi connectivity index (χ3v) is 0.325. The minimum absolute atomic E-state index is 0.416. The molecule has 0 aliphatic carbocycles. The molecule has 0 bridgehead atoms. The van der Waals surface area contributed by atoms with Gasteiger partial charge in [-0.2, -0.15) is 0 Å². The van der Waals surface area contributed by atoms with Gasteiger partial charge in [-0.05, 0) is 23.7 Å². The van der Waals surface area contributed by atoms with Crippen LogP contribution < -0.4 is 0 Å². The maximum Gasteiger partial charge on any atom is 0.193 e. The van der Waals surface area contributed by atoms with Gasteiger partial charge in [0.05, 0.1) is 0 Å². The first-order valence-electron chi connectivity index (χ1n) is 1.80. The zero-order chi connectivity index (χ0) is 6.24. The Hall–Kier alpha value is -1.54. The molecule has 0 radical (unpaired) electrons. The van der Waals surface area contributed by atoms with Crippen LogP contribution in [0.25, 0.3) is 0 Å². The van der Waals surface area contributed by atoms with Gasteiger partial charge in [0.2, 0.25) is 0 Å². The van der Waals surface area contributed by atoms with E-state index in [2.05, 4.69) is 11.8 Å². The van der Waals surface area contributed by atoms with Crippen molar-refractivity contribution in [2.24, 2.45) is 0 Å². The van der Waals surface area contributed by atoms with E-state index < -0.39 is 0 Å². The fraction of sp³-hybridized carbons (Fsp3) is 0. The van der Waals surface area contributed by atoms with Crippen LogP contribution in [0.15, 0.2) is 0 Å². The highest BCUT2D eigenvalue weighted by Gasteiger charge is 1.54. The summed E-state index contributed by atoms with van der Waals surface area (Å²) in [5.74, 6) is 8.29. The number of hydrogen-bond donors (Lipinski definition) is 0. The summed E-state index contributed by atoms with van der Waals surface area (Å²) in [6, 6.07) is 0. The second-order valence-electron chi connectivity index (χ2n) is 0.774. The van der Waals surface area contributed by atoms with Gasteiger partial charge in [-0.25, -0.2) is 0 Å². The highest BCUT2D eigenvalue weighted by molar-refractivity contribution is 5.77. The number of carbonyl (C=O) groups is 2. The molecular formula is C6H2O2. The van der Waals surface area contributed by atoms with E-state index in [1.54, 1.807) is 0 Å². The minimum atomic E-state index is 0.416. The Morgan fingerprint density at radius 3 is 1.50 bits per heavy atom. The Kier molecular flexibility index (Phi) is 4.41. The SMILES string of the molecule is O=CC#CC#CC=O. The average molecular weight is 106 g/mol. The first-order chi connectivity index (χ1) is 3.91. The average Bonchev–Trinajstić information content (AvgIpc) is 1.81. The van der Waals surface area contributed by atoms with Crippen molar-refractivity contribution < 1.29 is 9.59 Å². The molecule has 0 aliphatic rings. The largest absolute Gasteiger partial charge is 0.289 e. The molecule has 0 atom stereocenters. The molecule has 0 saturated carbocycles. The second-order valence-corrected chi connectivity index (χ2v) is 0.774. The normalized spacial score (nSPS) is 4.50. The molecule has 38 valence electrons. The summed E-state index contributed by atoms with van der Waals surface area (Å²) < 4.78 is 0. The van der Waals surface area contributed by atoms with Crippen LogP contribution in [-0.2, 0) is 9.59 Å². The summed E-state index contributed by atoms with van der Waals surface area (Å²) in [7, 11) is 0. The fourth-order valence-electron chi connectivity index (χ4n) is 0.131. The lowest BCUT2D eigenvalue weighted by Gasteiger charge is -1.49. The molecule has 0 N–H and O–H groups in total. The first kappa shape index (κ1) is 6.46. The van der Waals surface area contributed by atoms with Crippen LogP contribution in [0.4, 0.5) is 0 Å². The van der Waals surface area contributed by atoms with Gasteiger partial charge < -0.3 is 0 Å². The zero-order valence-electron chi connectivity index (χ0n) is 3.97. The summed E-state index contributed by atoms with van der Waals surface area (Å²) in [5, 5.41) is 0. The fourth-order valence-corrected chi connectivity index (χ4v) is 0.131. The van der Waals surface area contributed by atoms with Gasteiger partial charge in [-0.15, -0.1) is 0 Å². The standard InChI is InChI=1S/C6H2O2/c7-5-3-1-2-4-6-8/h5-6H. The van der Waals surface area contributed by atoms with E-state index in [1.807, 2.05) is 11.8 Å². The highest BCUT2D eigenvalue weighted by atomic mass is 16.1. The van der Waals surface area contributed by atoms with Gasteiger partial charge in [-0.3, -0.25) is 9.59 Å². The molecule has 0 aromatic carbocycles. The van der Waals surface area contributed by atoms with Crippen molar-refractivity contribution in [3.8, 4) is 23.7 Å². The number of hydrogen-bond acceptors (Lipinski definition) is 2. The molecule has 0 aromatic heterocycles. The molecule has 0 aromatic rings. The highest BCUT2D eigenvalue weighted by Crippen LogP contribution is 1.45. The lowest BCUT2D eigenvalue weighted by atomic mass is 10.6. The van der Waals surface area contributed by atoms with E-state index >= 15 is 0 Å². The Morgan fingerprint density at radius 2 is 1.25 bits per heavy atom. The van der Waals surface area contributed by atoms with Gasteiger partial charge in [0.25, 0.3) is 0 Å². The van der Waals surface area contributed by atoms with Crippen molar-refractivity contribution in [3.05, 3.63) is 0 Å². The molecule has 0 heterocycles. The molecule has 0 aliphatic heterocycles. The number of carbonyl (C=O) groups excluding carboxylic acids is 2. The summed E-state index contributed by atoms with van der Waals surface area (Å²) in [6.07, 6.45) is 0.832. The monoisotopic (exact) mass is 106 g/mol. The summed E-state index contributed by atoms with van der Waals surface area (Å²) in [4.78, 5) is 18.9. The molecule has 0 amide bonds. The van der Waals surface area contributed by atoms with Crippen molar-refractivity contribution >= 4 is 12.6 Å². The lowest BCUT2D eigenvalue weighted by molar-refractivity contribution is -0.104. The van der Waals surface area contributed by atoms with E-state index in [9.17, 15) is 9.59 Å². The second kappa shape index (κ2) is 5.46. The molecule has 8 heavy (non-hydrogen) atoms. The van der Waals surface area contributed by atoms with E-state index in [4.69, 9.17) is 0 Å². The lowest BCUT2D eigenvalue weighted by Crippen LogP contribution is -1.59. The van der Waals surface area contributed by atoms with Crippen LogP contribution in [0.3, 0.4) is 0 Å². The van der Waals surface area contributed by atoms with E-state index in [1.165, 1.54) is 0 Å². The maximum atomic E-state index is 9.44. The molecule has 2 nitrogen and oxygen atoms in total. The van der Waals surface area contributed by atoms with E-state index in [0.29, 0.717) is 12.6 Å². The van der Waals surface area contributed by atoms with Crippen molar-refractivity contribution in [1.82, 2.24) is 0 Å². The Labute approximate surface area is 46.9 Å². The van der Waals surface area contributed by atoms with E-state index in [-0.39, 0.29) is 0 Å². The van der Waals surface area contributed by atoms with Gasteiger partial charge >= 0.3 is 0 Å². The Bertz CT molecular complexity index is 170. The summed E-state index contributed by atoms with van der Waals surface area (Å²) >= 11 is 0. The molecule has 0 saturated heterocycles. The van der Waals surface area contributed by atoms with Gasteiger partial charge in [0.15, 0.2) is 12.6 Å². The molecule has 0 rings (SSSR count). The molecular weight excluding hydrogens is 104 g/mol. The van der Waals surface area contributed by atoms with Crippen LogP contribution in [0.2, 0.25) is 0 Å². The zero-order valence-corrected chi connectivity index (χ0v) is 3.97. The third kappa shape index (κ3) is 4.46. The molecule has 0 spiro atoms. The van der Waals surface area contributed by atoms with Crippen LogP contribution in [0.5, 0.6) is 0 Å². The Morgan fingerprint density at radius 1 is 0.875 bits per heavy atom. The van der Waals surface area contributed by atoms with Crippen molar-refractivity contribution in [1.29, 1.82) is 0 Å². The van der Waals surface area contributed by atoms with Crippen LogP contribution in [-0.4, -0.2) is 12.6 Å². The van der Waals surface area contributed by atoms with Crippen LogP contribution in [0.1, 0.15) is 0 Å². The molecule has 0 unspecified atom stereocenters. The topological polar surface area (TPSA) is 34.1 Å². The van der Waals surface area contributed by atoms with Gasteiger partial charge in [0, 0.05) is 0 Å². The van der Waals surface area contributed by atoms with Crippen LogP contribution >= 0.6 is 0 Å². The summed E-state index contributed by atoms with van der Waals surface area (Å²) in [5.41, 5.74) is 0. The van der Waals surface area contributed by atoms with Crippen molar-refractivity contribution in [3.63, 3.8) is 0 Å². The van der Waals surface area contributed by atoms with Crippen molar-refractivity contribution in [2.45, 2.75) is 0 Å². The molecule has 0 fully saturated rings. The predicted molar refractivity (Wildman–Crippen MR) is 27.7 cm³/mol. The maximum absolute atomic E-state index is 9.44. The molecule has 2 heteroatoms. The van der Waals surface area contributed by atoms with Gasteiger partial charge in [-0.1, -0.05) is 0 Å².